The Labute approximate surface area is 58.5 Å². The van der Waals surface area contributed by atoms with Crippen LogP contribution in [0.4, 0.5) is 0 Å². The van der Waals surface area contributed by atoms with E-state index >= 15 is 0 Å². The van der Waals surface area contributed by atoms with Crippen molar-refractivity contribution in [2.45, 2.75) is 12.1 Å². The van der Waals surface area contributed by atoms with Crippen molar-refractivity contribution in [3.63, 3.8) is 0 Å². The maximum atomic E-state index is 10.6. The molecule has 1 aliphatic rings. The lowest BCUT2D eigenvalue weighted by atomic mass is 10.3. The lowest BCUT2D eigenvalue weighted by Crippen LogP contribution is -2.10. The minimum atomic E-state index is -3.94. The molecule has 0 fully saturated rings. The van der Waals surface area contributed by atoms with Crippen molar-refractivity contribution in [1.82, 2.24) is 0 Å². The van der Waals surface area contributed by atoms with Gasteiger partial charge in [0.1, 0.15) is 0 Å². The molecule has 1 heterocycles. The minimum absolute atomic E-state index is 0.383. The standard InChI is InChI=1S/C5H8NO3P/c7-10(8,9)5-2-1-3-6-4-5/h1,3-5H,2H2,(H2,7,8,9). The largest absolute Gasteiger partial charge is 0.334 e. The third-order valence-corrected chi connectivity index (χ3v) is 2.47. The molecule has 1 aliphatic heterocycles. The fourth-order valence-corrected chi connectivity index (χ4v) is 1.34. The van der Waals surface area contributed by atoms with Gasteiger partial charge in [-0.25, -0.2) is 0 Å². The highest BCUT2D eigenvalue weighted by atomic mass is 31.2. The molecule has 1 rings (SSSR count). The molecule has 0 aromatic carbocycles. The highest BCUT2D eigenvalue weighted by molar-refractivity contribution is 7.53. The zero-order chi connectivity index (χ0) is 7.61. The Morgan fingerprint density at radius 2 is 2.30 bits per heavy atom. The van der Waals surface area contributed by atoms with Gasteiger partial charge in [0.05, 0.1) is 5.66 Å². The zero-order valence-electron chi connectivity index (χ0n) is 5.21. The Bertz CT molecular complexity index is 217. The summed E-state index contributed by atoms with van der Waals surface area (Å²) >= 11 is 0. The van der Waals surface area contributed by atoms with E-state index in [0.29, 0.717) is 6.42 Å². The molecule has 4 nitrogen and oxygen atoms in total. The maximum Gasteiger partial charge on any atom is 0.334 e. The molecule has 0 aromatic heterocycles. The van der Waals surface area contributed by atoms with Gasteiger partial charge in [-0.3, -0.25) is 9.56 Å². The molecule has 56 valence electrons. The van der Waals surface area contributed by atoms with E-state index in [2.05, 4.69) is 4.99 Å². The highest BCUT2D eigenvalue weighted by Gasteiger charge is 2.26. The highest BCUT2D eigenvalue weighted by Crippen LogP contribution is 2.42. The fraction of sp³-hybridized carbons (Fsp3) is 0.400. The van der Waals surface area contributed by atoms with Crippen LogP contribution in [0.5, 0.6) is 0 Å². The summed E-state index contributed by atoms with van der Waals surface area (Å²) < 4.78 is 10.6. The van der Waals surface area contributed by atoms with Crippen LogP contribution in [0.15, 0.2) is 17.3 Å². The van der Waals surface area contributed by atoms with E-state index in [9.17, 15) is 4.57 Å². The maximum absolute atomic E-state index is 10.6. The van der Waals surface area contributed by atoms with Crippen LogP contribution in [-0.4, -0.2) is 21.7 Å². The van der Waals surface area contributed by atoms with Crippen molar-refractivity contribution in [3.05, 3.63) is 12.3 Å². The molecule has 0 spiro atoms. The van der Waals surface area contributed by atoms with E-state index in [1.54, 1.807) is 6.08 Å². The van der Waals surface area contributed by atoms with Gasteiger partial charge in [-0.1, -0.05) is 6.08 Å². The van der Waals surface area contributed by atoms with Crippen molar-refractivity contribution in [3.8, 4) is 0 Å². The van der Waals surface area contributed by atoms with E-state index < -0.39 is 13.3 Å². The molecule has 0 aromatic rings. The molecular weight excluding hydrogens is 153 g/mol. The second kappa shape index (κ2) is 2.66. The minimum Gasteiger partial charge on any atom is -0.324 e. The quantitative estimate of drug-likeness (QED) is 0.551. The van der Waals surface area contributed by atoms with E-state index in [4.69, 9.17) is 9.79 Å². The molecule has 0 aliphatic carbocycles. The molecule has 2 N–H and O–H groups in total. The van der Waals surface area contributed by atoms with Gasteiger partial charge in [-0.05, 0) is 6.42 Å². The van der Waals surface area contributed by atoms with Crippen molar-refractivity contribution >= 4 is 13.8 Å². The van der Waals surface area contributed by atoms with E-state index in [1.165, 1.54) is 12.4 Å². The molecule has 0 bridgehead atoms. The van der Waals surface area contributed by atoms with E-state index in [-0.39, 0.29) is 0 Å². The summed E-state index contributed by atoms with van der Waals surface area (Å²) in [6, 6.07) is 0. The summed E-state index contributed by atoms with van der Waals surface area (Å²) in [5.41, 5.74) is -0.711. The summed E-state index contributed by atoms with van der Waals surface area (Å²) in [7, 11) is -3.94. The summed E-state index contributed by atoms with van der Waals surface area (Å²) in [4.78, 5) is 20.9. The topological polar surface area (TPSA) is 69.9 Å². The second-order valence-corrected chi connectivity index (χ2v) is 3.92. The predicted molar refractivity (Wildman–Crippen MR) is 38.1 cm³/mol. The van der Waals surface area contributed by atoms with Crippen molar-refractivity contribution in [1.29, 1.82) is 0 Å². The van der Waals surface area contributed by atoms with E-state index in [1.807, 2.05) is 0 Å². The van der Waals surface area contributed by atoms with Crippen LogP contribution in [-0.2, 0) is 4.57 Å². The van der Waals surface area contributed by atoms with Gasteiger partial charge in [0.15, 0.2) is 0 Å². The third kappa shape index (κ3) is 1.77. The molecule has 0 saturated carbocycles. The molecule has 1 atom stereocenters. The van der Waals surface area contributed by atoms with Crippen LogP contribution in [0.25, 0.3) is 0 Å². The molecular formula is C5H8NO3P. The van der Waals surface area contributed by atoms with Gasteiger partial charge in [-0.2, -0.15) is 0 Å². The Hall–Kier alpha value is -0.440. The normalized spacial score (nSPS) is 25.2. The number of rotatable bonds is 1. The fourth-order valence-electron chi connectivity index (χ4n) is 0.695. The van der Waals surface area contributed by atoms with Crippen LogP contribution in [0, 0.1) is 0 Å². The van der Waals surface area contributed by atoms with Crippen molar-refractivity contribution < 1.29 is 14.4 Å². The first-order chi connectivity index (χ1) is 4.61. The molecule has 0 radical (unpaired) electrons. The van der Waals surface area contributed by atoms with Crippen molar-refractivity contribution in [2.24, 2.45) is 4.99 Å². The molecule has 5 heteroatoms. The van der Waals surface area contributed by atoms with Gasteiger partial charge in [0.25, 0.3) is 0 Å². The summed E-state index contributed by atoms with van der Waals surface area (Å²) in [5, 5.41) is 0. The zero-order valence-corrected chi connectivity index (χ0v) is 6.11. The third-order valence-electron chi connectivity index (χ3n) is 1.26. The smallest absolute Gasteiger partial charge is 0.324 e. The van der Waals surface area contributed by atoms with Gasteiger partial charge < -0.3 is 9.79 Å². The Balaban J connectivity index is 2.69. The van der Waals surface area contributed by atoms with Crippen LogP contribution < -0.4 is 0 Å². The first-order valence-electron chi connectivity index (χ1n) is 2.84. The Kier molecular flexibility index (Phi) is 2.04. The molecule has 10 heavy (non-hydrogen) atoms. The average molecular weight is 161 g/mol. The Morgan fingerprint density at radius 3 is 2.60 bits per heavy atom. The first-order valence-corrected chi connectivity index (χ1v) is 4.52. The van der Waals surface area contributed by atoms with Crippen LogP contribution in [0.3, 0.4) is 0 Å². The van der Waals surface area contributed by atoms with E-state index in [0.717, 1.165) is 0 Å². The number of allylic oxidation sites excluding steroid dienone is 1. The SMILES string of the molecule is O=P(O)(O)C1C=NC=CC1. The number of hydrogen-bond acceptors (Lipinski definition) is 2. The summed E-state index contributed by atoms with van der Waals surface area (Å²) in [5.74, 6) is 0. The summed E-state index contributed by atoms with van der Waals surface area (Å²) in [6.45, 7) is 0. The van der Waals surface area contributed by atoms with Gasteiger partial charge in [-0.15, -0.1) is 0 Å². The lowest BCUT2D eigenvalue weighted by molar-refractivity contribution is 0.367. The number of aliphatic imine (C=N–C) groups is 1. The Morgan fingerprint density at radius 1 is 1.60 bits per heavy atom. The monoisotopic (exact) mass is 161 g/mol. The molecule has 1 unspecified atom stereocenters. The van der Waals surface area contributed by atoms with Gasteiger partial charge in [0, 0.05) is 12.4 Å². The lowest BCUT2D eigenvalue weighted by Gasteiger charge is -2.12. The molecule has 0 saturated heterocycles. The van der Waals surface area contributed by atoms with Crippen molar-refractivity contribution in [2.75, 3.05) is 0 Å². The van der Waals surface area contributed by atoms with Crippen LogP contribution in [0.1, 0.15) is 6.42 Å². The number of nitrogens with zero attached hydrogens (tertiary/aromatic N) is 1. The average Bonchev–Trinajstić information content (AvgIpc) is 1.88. The second-order valence-electron chi connectivity index (χ2n) is 2.08. The first kappa shape index (κ1) is 7.66. The van der Waals surface area contributed by atoms with Crippen LogP contribution in [0.2, 0.25) is 0 Å². The molecule has 0 amide bonds. The van der Waals surface area contributed by atoms with Gasteiger partial charge >= 0.3 is 7.60 Å². The van der Waals surface area contributed by atoms with Gasteiger partial charge in [0.2, 0.25) is 0 Å². The predicted octanol–water partition coefficient (Wildman–Crippen LogP) is 0.521. The van der Waals surface area contributed by atoms with Crippen LogP contribution >= 0.6 is 7.60 Å². The summed E-state index contributed by atoms with van der Waals surface area (Å²) in [6.07, 6.45) is 4.85. The number of hydrogen-bond donors (Lipinski definition) is 2.